The second kappa shape index (κ2) is 4.11. The van der Waals surface area contributed by atoms with Crippen molar-refractivity contribution >= 4 is 17.1 Å². The lowest BCUT2D eigenvalue weighted by molar-refractivity contribution is 0.0988. The van der Waals surface area contributed by atoms with Crippen LogP contribution in [0.25, 0.3) is 0 Å². The predicted octanol–water partition coefficient (Wildman–Crippen LogP) is 1.96. The zero-order valence-electron chi connectivity index (χ0n) is 7.38. The molecule has 70 valence electrons. The summed E-state index contributed by atoms with van der Waals surface area (Å²) in [5, 5.41) is 2.70. The lowest BCUT2D eigenvalue weighted by atomic mass is 10.2. The highest BCUT2D eigenvalue weighted by Gasteiger charge is 2.08. The van der Waals surface area contributed by atoms with E-state index >= 15 is 0 Å². The highest BCUT2D eigenvalue weighted by Crippen LogP contribution is 2.08. The largest absolute Gasteiger partial charge is 0.292 e. The van der Waals surface area contributed by atoms with Crippen LogP contribution in [0, 0.1) is 0 Å². The van der Waals surface area contributed by atoms with Crippen molar-refractivity contribution in [1.29, 1.82) is 0 Å². The van der Waals surface area contributed by atoms with E-state index in [0.29, 0.717) is 12.1 Å². The van der Waals surface area contributed by atoms with Gasteiger partial charge in [-0.05, 0) is 12.1 Å². The summed E-state index contributed by atoms with van der Waals surface area (Å²) in [5.41, 5.74) is 0.502. The summed E-state index contributed by atoms with van der Waals surface area (Å²) in [7, 11) is 0. The number of ketones is 1. The molecule has 0 spiro atoms. The molecule has 2 aromatic heterocycles. The molecular weight excluding hydrogens is 196 g/mol. The van der Waals surface area contributed by atoms with Gasteiger partial charge in [0.1, 0.15) is 10.7 Å². The summed E-state index contributed by atoms with van der Waals surface area (Å²) in [6, 6.07) is 5.32. The van der Waals surface area contributed by atoms with E-state index in [1.807, 2.05) is 11.4 Å². The number of nitrogens with zero attached hydrogens (tertiary/aromatic N) is 2. The second-order valence-corrected chi connectivity index (χ2v) is 3.72. The molecule has 0 aromatic carbocycles. The van der Waals surface area contributed by atoms with Gasteiger partial charge < -0.3 is 0 Å². The zero-order valence-corrected chi connectivity index (χ0v) is 8.20. The fourth-order valence-corrected chi connectivity index (χ4v) is 1.71. The molecule has 0 atom stereocenters. The summed E-state index contributed by atoms with van der Waals surface area (Å²) in [6.45, 7) is 0. The van der Waals surface area contributed by atoms with Crippen LogP contribution >= 0.6 is 11.3 Å². The third-order valence-electron chi connectivity index (χ3n) is 1.75. The number of hydrogen-bond acceptors (Lipinski definition) is 4. The Morgan fingerprint density at radius 2 is 2.21 bits per heavy atom. The van der Waals surface area contributed by atoms with E-state index in [1.165, 1.54) is 11.3 Å². The van der Waals surface area contributed by atoms with E-state index in [-0.39, 0.29) is 5.78 Å². The number of rotatable bonds is 3. The molecule has 0 aliphatic rings. The third kappa shape index (κ3) is 2.03. The van der Waals surface area contributed by atoms with Crippen molar-refractivity contribution in [3.8, 4) is 0 Å². The topological polar surface area (TPSA) is 42.9 Å². The van der Waals surface area contributed by atoms with Crippen molar-refractivity contribution < 1.29 is 4.79 Å². The van der Waals surface area contributed by atoms with Crippen molar-refractivity contribution in [2.45, 2.75) is 6.42 Å². The summed E-state index contributed by atoms with van der Waals surface area (Å²) in [4.78, 5) is 19.7. The van der Waals surface area contributed by atoms with Crippen LogP contribution in [0.5, 0.6) is 0 Å². The molecule has 3 nitrogen and oxygen atoms in total. The molecule has 0 aliphatic carbocycles. The van der Waals surface area contributed by atoms with Crippen LogP contribution in [0.1, 0.15) is 15.5 Å². The van der Waals surface area contributed by atoms with Crippen LogP contribution in [0.3, 0.4) is 0 Å². The molecule has 0 aliphatic heterocycles. The Hall–Kier alpha value is -1.55. The molecule has 0 saturated heterocycles. The fourth-order valence-electron chi connectivity index (χ4n) is 1.10. The van der Waals surface area contributed by atoms with Crippen molar-refractivity contribution in [2.75, 3.05) is 0 Å². The van der Waals surface area contributed by atoms with E-state index in [9.17, 15) is 4.79 Å². The molecule has 0 radical (unpaired) electrons. The smallest absolute Gasteiger partial charge is 0.187 e. The average molecular weight is 204 g/mol. The first-order valence-corrected chi connectivity index (χ1v) is 5.07. The highest BCUT2D eigenvalue weighted by molar-refractivity contribution is 7.09. The van der Waals surface area contributed by atoms with Gasteiger partial charge in [0.15, 0.2) is 5.78 Å². The first-order valence-electron chi connectivity index (χ1n) is 4.19. The summed E-state index contributed by atoms with van der Waals surface area (Å²) >= 11 is 1.49. The van der Waals surface area contributed by atoms with Gasteiger partial charge in [0.25, 0.3) is 0 Å². The lowest BCUT2D eigenvalue weighted by Crippen LogP contribution is -2.04. The molecule has 0 unspecified atom stereocenters. The maximum absolute atomic E-state index is 11.6. The van der Waals surface area contributed by atoms with Crippen LogP contribution in [0.2, 0.25) is 0 Å². The number of Topliss-reactive ketones (excluding diaryl/α,β-unsaturated/α-hetero) is 1. The maximum Gasteiger partial charge on any atom is 0.187 e. The Labute approximate surface area is 85.5 Å². The van der Waals surface area contributed by atoms with Gasteiger partial charge in [0.05, 0.1) is 6.42 Å². The average Bonchev–Trinajstić information content (AvgIpc) is 2.72. The van der Waals surface area contributed by atoms with Crippen molar-refractivity contribution in [3.63, 3.8) is 0 Å². The van der Waals surface area contributed by atoms with E-state index in [4.69, 9.17) is 0 Å². The summed E-state index contributed by atoms with van der Waals surface area (Å²) < 4.78 is 0. The summed E-state index contributed by atoms with van der Waals surface area (Å²) in [6.07, 6.45) is 3.66. The standard InChI is InChI=1S/C10H8N2OS/c13-9(7-10-12-5-6-14-10)8-3-1-2-4-11-8/h1-6H,7H2. The Kier molecular flexibility index (Phi) is 2.65. The van der Waals surface area contributed by atoms with Crippen molar-refractivity contribution in [3.05, 3.63) is 46.7 Å². The van der Waals surface area contributed by atoms with E-state index < -0.39 is 0 Å². The molecule has 2 rings (SSSR count). The quantitative estimate of drug-likeness (QED) is 0.718. The fraction of sp³-hybridized carbons (Fsp3) is 0.100. The lowest BCUT2D eigenvalue weighted by Gasteiger charge is -1.95. The van der Waals surface area contributed by atoms with Gasteiger partial charge in [-0.25, -0.2) is 4.98 Å². The van der Waals surface area contributed by atoms with E-state index in [0.717, 1.165) is 5.01 Å². The van der Waals surface area contributed by atoms with Crippen LogP contribution in [0.15, 0.2) is 36.0 Å². The van der Waals surface area contributed by atoms with E-state index in [1.54, 1.807) is 24.5 Å². The van der Waals surface area contributed by atoms with Gasteiger partial charge in [-0.2, -0.15) is 0 Å². The Balaban J connectivity index is 2.11. The number of aromatic nitrogens is 2. The van der Waals surface area contributed by atoms with Gasteiger partial charge >= 0.3 is 0 Å². The number of pyridine rings is 1. The van der Waals surface area contributed by atoms with Crippen LogP contribution in [0.4, 0.5) is 0 Å². The zero-order chi connectivity index (χ0) is 9.80. The van der Waals surface area contributed by atoms with Gasteiger partial charge in [0.2, 0.25) is 0 Å². The third-order valence-corrected chi connectivity index (χ3v) is 2.53. The van der Waals surface area contributed by atoms with Gasteiger partial charge in [-0.1, -0.05) is 6.07 Å². The monoisotopic (exact) mass is 204 g/mol. The molecule has 14 heavy (non-hydrogen) atoms. The Morgan fingerprint density at radius 1 is 1.29 bits per heavy atom. The molecule has 2 heterocycles. The molecule has 0 saturated carbocycles. The second-order valence-electron chi connectivity index (χ2n) is 2.74. The van der Waals surface area contributed by atoms with E-state index in [2.05, 4.69) is 9.97 Å². The van der Waals surface area contributed by atoms with Gasteiger partial charge in [-0.15, -0.1) is 11.3 Å². The number of hydrogen-bond donors (Lipinski definition) is 0. The molecule has 0 bridgehead atoms. The minimum absolute atomic E-state index is 0.0144. The van der Waals surface area contributed by atoms with Crippen LogP contribution in [-0.4, -0.2) is 15.8 Å². The molecule has 0 amide bonds. The van der Waals surface area contributed by atoms with Crippen molar-refractivity contribution in [2.24, 2.45) is 0 Å². The minimum Gasteiger partial charge on any atom is -0.292 e. The van der Waals surface area contributed by atoms with Crippen LogP contribution < -0.4 is 0 Å². The first kappa shape index (κ1) is 9.02. The maximum atomic E-state index is 11.6. The minimum atomic E-state index is 0.0144. The molecular formula is C10H8N2OS. The van der Waals surface area contributed by atoms with Gasteiger partial charge in [0, 0.05) is 17.8 Å². The van der Waals surface area contributed by atoms with Crippen molar-refractivity contribution in [1.82, 2.24) is 9.97 Å². The van der Waals surface area contributed by atoms with Gasteiger partial charge in [-0.3, -0.25) is 9.78 Å². The Bertz CT molecular complexity index is 411. The molecule has 2 aromatic rings. The predicted molar refractivity (Wildman–Crippen MR) is 54.4 cm³/mol. The van der Waals surface area contributed by atoms with Crippen LogP contribution in [-0.2, 0) is 6.42 Å². The highest BCUT2D eigenvalue weighted by atomic mass is 32.1. The first-order chi connectivity index (χ1) is 6.86. The number of carbonyl (C=O) groups is 1. The molecule has 0 fully saturated rings. The number of carbonyl (C=O) groups excluding carboxylic acids is 1. The molecule has 0 N–H and O–H groups in total. The normalized spacial score (nSPS) is 10.0. The molecule has 4 heteroatoms. The Morgan fingerprint density at radius 3 is 2.86 bits per heavy atom. The SMILES string of the molecule is O=C(Cc1nccs1)c1ccccn1. The number of thiazole rings is 1. The summed E-state index contributed by atoms with van der Waals surface area (Å²) in [5.74, 6) is 0.0144.